The largest absolute Gasteiger partial charge is 0.496 e. The molecule has 90 valence electrons. The Morgan fingerprint density at radius 2 is 2.00 bits per heavy atom. The summed E-state index contributed by atoms with van der Waals surface area (Å²) in [7, 11) is 1.57. The molecule has 0 aliphatic rings. The molecule has 0 fully saturated rings. The average Bonchev–Trinajstić information content (AvgIpc) is 2.25. The molecule has 0 saturated heterocycles. The fraction of sp³-hybridized carbons (Fsp3) is 0.538. The summed E-state index contributed by atoms with van der Waals surface area (Å²) in [6.07, 6.45) is 0. The lowest BCUT2D eigenvalue weighted by Crippen LogP contribution is -2.27. The second-order valence-corrected chi connectivity index (χ2v) is 4.32. The zero-order valence-electron chi connectivity index (χ0n) is 10.4. The highest BCUT2D eigenvalue weighted by Crippen LogP contribution is 2.28. The van der Waals surface area contributed by atoms with E-state index in [2.05, 4.69) is 19.2 Å². The summed E-state index contributed by atoms with van der Waals surface area (Å²) in [5, 5.41) is 3.30. The Hall–Kier alpha value is -1.09. The maximum Gasteiger partial charge on any atom is 0.130 e. The molecule has 0 radical (unpaired) electrons. The molecule has 1 N–H and O–H groups in total. The maximum atomic E-state index is 13.7. The molecular weight excluding hydrogens is 205 g/mol. The van der Waals surface area contributed by atoms with Gasteiger partial charge in [0.05, 0.1) is 7.11 Å². The zero-order chi connectivity index (χ0) is 12.1. The molecule has 0 amide bonds. The predicted octanol–water partition coefficient (Wildman–Crippen LogP) is 2.94. The van der Waals surface area contributed by atoms with Gasteiger partial charge < -0.3 is 10.1 Å². The molecule has 3 heteroatoms. The third-order valence-corrected chi connectivity index (χ3v) is 2.56. The first-order chi connectivity index (χ1) is 7.56. The Bertz CT molecular complexity index is 339. The lowest BCUT2D eigenvalue weighted by molar-refractivity contribution is 0.397. The van der Waals surface area contributed by atoms with E-state index in [-0.39, 0.29) is 11.7 Å². The van der Waals surface area contributed by atoms with Crippen LogP contribution in [0.25, 0.3) is 0 Å². The van der Waals surface area contributed by atoms with Crippen molar-refractivity contribution in [3.8, 4) is 5.75 Å². The Kier molecular flexibility index (Phi) is 4.74. The molecule has 1 aromatic rings. The average molecular weight is 225 g/mol. The minimum atomic E-state index is -0.197. The van der Waals surface area contributed by atoms with E-state index in [1.165, 1.54) is 6.07 Å². The number of methoxy groups -OCH3 is 1. The van der Waals surface area contributed by atoms with Crippen molar-refractivity contribution in [3.05, 3.63) is 29.6 Å². The summed E-state index contributed by atoms with van der Waals surface area (Å²) in [5.74, 6) is 0.522. The molecule has 0 aromatic heterocycles. The Morgan fingerprint density at radius 1 is 1.31 bits per heavy atom. The SMILES string of the molecule is COc1cccc(F)c1C(C)CNC(C)C. The van der Waals surface area contributed by atoms with Crippen molar-refractivity contribution < 1.29 is 9.13 Å². The maximum absolute atomic E-state index is 13.7. The molecule has 16 heavy (non-hydrogen) atoms. The summed E-state index contributed by atoms with van der Waals surface area (Å²) < 4.78 is 18.9. The summed E-state index contributed by atoms with van der Waals surface area (Å²) in [5.41, 5.74) is 0.651. The van der Waals surface area contributed by atoms with Crippen molar-refractivity contribution in [1.82, 2.24) is 5.32 Å². The van der Waals surface area contributed by atoms with E-state index in [1.807, 2.05) is 6.92 Å². The van der Waals surface area contributed by atoms with Gasteiger partial charge >= 0.3 is 0 Å². The van der Waals surface area contributed by atoms with Crippen LogP contribution in [0.3, 0.4) is 0 Å². The minimum absolute atomic E-state index is 0.0959. The lowest BCUT2D eigenvalue weighted by atomic mass is 9.99. The third-order valence-electron chi connectivity index (χ3n) is 2.56. The van der Waals surface area contributed by atoms with Crippen LogP contribution in [0.1, 0.15) is 32.3 Å². The first-order valence-corrected chi connectivity index (χ1v) is 5.62. The van der Waals surface area contributed by atoms with Gasteiger partial charge in [0.1, 0.15) is 11.6 Å². The van der Waals surface area contributed by atoms with Crippen molar-refractivity contribution in [2.24, 2.45) is 0 Å². The van der Waals surface area contributed by atoms with Crippen LogP contribution in [0.15, 0.2) is 18.2 Å². The van der Waals surface area contributed by atoms with Crippen molar-refractivity contribution in [2.75, 3.05) is 13.7 Å². The fourth-order valence-corrected chi connectivity index (χ4v) is 1.69. The second-order valence-electron chi connectivity index (χ2n) is 4.32. The number of hydrogen-bond acceptors (Lipinski definition) is 2. The van der Waals surface area contributed by atoms with E-state index in [0.29, 0.717) is 17.4 Å². The van der Waals surface area contributed by atoms with Gasteiger partial charge in [0.15, 0.2) is 0 Å². The molecule has 0 saturated carbocycles. The van der Waals surface area contributed by atoms with Crippen LogP contribution in [0, 0.1) is 5.82 Å². The van der Waals surface area contributed by atoms with Crippen LogP contribution in [0.4, 0.5) is 4.39 Å². The van der Waals surface area contributed by atoms with Crippen LogP contribution in [-0.2, 0) is 0 Å². The summed E-state index contributed by atoms with van der Waals surface area (Å²) in [6, 6.07) is 5.34. The van der Waals surface area contributed by atoms with Gasteiger partial charge in [-0.2, -0.15) is 0 Å². The molecule has 1 aromatic carbocycles. The standard InChI is InChI=1S/C13H20FNO/c1-9(2)15-8-10(3)13-11(14)6-5-7-12(13)16-4/h5-7,9-10,15H,8H2,1-4H3. The molecule has 2 nitrogen and oxygen atoms in total. The number of halogens is 1. The zero-order valence-corrected chi connectivity index (χ0v) is 10.4. The summed E-state index contributed by atoms with van der Waals surface area (Å²) in [6.45, 7) is 6.89. The van der Waals surface area contributed by atoms with Gasteiger partial charge in [-0.05, 0) is 12.1 Å². The van der Waals surface area contributed by atoms with E-state index in [0.717, 1.165) is 6.54 Å². The van der Waals surface area contributed by atoms with Crippen LogP contribution < -0.4 is 10.1 Å². The van der Waals surface area contributed by atoms with Gasteiger partial charge in [-0.3, -0.25) is 0 Å². The molecular formula is C13H20FNO. The summed E-state index contributed by atoms with van der Waals surface area (Å²) >= 11 is 0. The highest BCUT2D eigenvalue weighted by molar-refractivity contribution is 5.37. The summed E-state index contributed by atoms with van der Waals surface area (Å²) in [4.78, 5) is 0. The predicted molar refractivity (Wildman–Crippen MR) is 64.5 cm³/mol. The highest BCUT2D eigenvalue weighted by atomic mass is 19.1. The van der Waals surface area contributed by atoms with Crippen molar-refractivity contribution in [3.63, 3.8) is 0 Å². The molecule has 1 atom stereocenters. The van der Waals surface area contributed by atoms with E-state index in [9.17, 15) is 4.39 Å². The Morgan fingerprint density at radius 3 is 2.56 bits per heavy atom. The molecule has 0 spiro atoms. The molecule has 1 unspecified atom stereocenters. The third kappa shape index (κ3) is 3.20. The first kappa shape index (κ1) is 13.0. The van der Waals surface area contributed by atoms with Crippen molar-refractivity contribution in [1.29, 1.82) is 0 Å². The number of rotatable bonds is 5. The van der Waals surface area contributed by atoms with E-state index >= 15 is 0 Å². The highest BCUT2D eigenvalue weighted by Gasteiger charge is 2.16. The monoisotopic (exact) mass is 225 g/mol. The lowest BCUT2D eigenvalue weighted by Gasteiger charge is -2.18. The van der Waals surface area contributed by atoms with Crippen molar-refractivity contribution >= 4 is 0 Å². The van der Waals surface area contributed by atoms with Gasteiger partial charge in [-0.1, -0.05) is 26.8 Å². The van der Waals surface area contributed by atoms with E-state index in [4.69, 9.17) is 4.74 Å². The van der Waals surface area contributed by atoms with Crippen LogP contribution in [0.5, 0.6) is 5.75 Å². The van der Waals surface area contributed by atoms with E-state index < -0.39 is 0 Å². The van der Waals surface area contributed by atoms with Gasteiger partial charge in [-0.15, -0.1) is 0 Å². The van der Waals surface area contributed by atoms with Gasteiger partial charge in [0, 0.05) is 24.1 Å². The van der Waals surface area contributed by atoms with E-state index in [1.54, 1.807) is 19.2 Å². The Balaban J connectivity index is 2.84. The van der Waals surface area contributed by atoms with Gasteiger partial charge in [0.25, 0.3) is 0 Å². The number of nitrogens with one attached hydrogen (secondary N) is 1. The number of ether oxygens (including phenoxy) is 1. The second kappa shape index (κ2) is 5.85. The fourth-order valence-electron chi connectivity index (χ4n) is 1.69. The van der Waals surface area contributed by atoms with Gasteiger partial charge in [0.2, 0.25) is 0 Å². The normalized spacial score (nSPS) is 12.9. The number of benzene rings is 1. The molecule has 1 rings (SSSR count). The topological polar surface area (TPSA) is 21.3 Å². The molecule has 0 aliphatic heterocycles. The van der Waals surface area contributed by atoms with Crippen molar-refractivity contribution in [2.45, 2.75) is 32.7 Å². The Labute approximate surface area is 96.8 Å². The van der Waals surface area contributed by atoms with Crippen LogP contribution in [-0.4, -0.2) is 19.7 Å². The smallest absolute Gasteiger partial charge is 0.130 e. The van der Waals surface area contributed by atoms with Crippen LogP contribution in [0.2, 0.25) is 0 Å². The quantitative estimate of drug-likeness (QED) is 0.832. The van der Waals surface area contributed by atoms with Crippen LogP contribution >= 0.6 is 0 Å². The molecule has 0 heterocycles. The molecule has 0 aliphatic carbocycles. The first-order valence-electron chi connectivity index (χ1n) is 5.62. The minimum Gasteiger partial charge on any atom is -0.496 e. The molecule has 0 bridgehead atoms. The number of hydrogen-bond donors (Lipinski definition) is 1. The van der Waals surface area contributed by atoms with Gasteiger partial charge in [-0.25, -0.2) is 4.39 Å².